The molecule has 1 atom stereocenters. The fourth-order valence-electron chi connectivity index (χ4n) is 2.36. The molecule has 3 rings (SSSR count). The van der Waals surface area contributed by atoms with Gasteiger partial charge in [-0.2, -0.15) is 0 Å². The van der Waals surface area contributed by atoms with Crippen LogP contribution in [0.1, 0.15) is 34.3 Å². The van der Waals surface area contributed by atoms with Crippen molar-refractivity contribution in [2.45, 2.75) is 19.0 Å². The van der Waals surface area contributed by atoms with Gasteiger partial charge in [0.15, 0.2) is 0 Å². The second-order valence-electron chi connectivity index (χ2n) is 4.95. The van der Waals surface area contributed by atoms with Gasteiger partial charge < -0.3 is 5.11 Å². The third kappa shape index (κ3) is 3.35. The van der Waals surface area contributed by atoms with Gasteiger partial charge in [-0.3, -0.25) is 5.32 Å². The van der Waals surface area contributed by atoms with E-state index in [4.69, 9.17) is 0 Å². The molecule has 1 aromatic carbocycles. The van der Waals surface area contributed by atoms with Crippen molar-refractivity contribution in [3.8, 4) is 5.75 Å². The quantitative estimate of drug-likeness (QED) is 0.698. The van der Waals surface area contributed by atoms with Crippen molar-refractivity contribution in [2.75, 3.05) is 0 Å². The Labute approximate surface area is 132 Å². The van der Waals surface area contributed by atoms with Crippen LogP contribution in [0.3, 0.4) is 0 Å². The third-order valence-electron chi connectivity index (χ3n) is 3.44. The summed E-state index contributed by atoms with van der Waals surface area (Å²) in [6.45, 7) is 2.13. The van der Waals surface area contributed by atoms with Gasteiger partial charge in [0, 0.05) is 15.8 Å². The highest BCUT2D eigenvalue weighted by molar-refractivity contribution is 7.11. The highest BCUT2D eigenvalue weighted by atomic mass is 32.1. The summed E-state index contributed by atoms with van der Waals surface area (Å²) in [7, 11) is 0. The Bertz CT molecular complexity index is 642. The van der Waals surface area contributed by atoms with Gasteiger partial charge in [-0.05, 0) is 47.5 Å². The minimum absolute atomic E-state index is 0.159. The van der Waals surface area contributed by atoms with Gasteiger partial charge in [0.2, 0.25) is 0 Å². The number of benzene rings is 1. The molecule has 0 spiro atoms. The van der Waals surface area contributed by atoms with Crippen LogP contribution in [-0.2, 0) is 0 Å². The average Bonchev–Trinajstić information content (AvgIpc) is 3.18. The van der Waals surface area contributed by atoms with Crippen molar-refractivity contribution in [1.29, 1.82) is 0 Å². The molecule has 3 aromatic rings. The van der Waals surface area contributed by atoms with Gasteiger partial charge >= 0.3 is 0 Å². The normalized spacial score (nSPS) is 12.7. The summed E-state index contributed by atoms with van der Waals surface area (Å²) in [4.78, 5) is 2.62. The molecule has 4 heteroatoms. The van der Waals surface area contributed by atoms with Crippen LogP contribution in [0.4, 0.5) is 0 Å². The number of phenols is 1. The Hall–Kier alpha value is -1.62. The molecule has 1 unspecified atom stereocenters. The summed E-state index contributed by atoms with van der Waals surface area (Å²) in [5, 5.41) is 17.5. The van der Waals surface area contributed by atoms with Crippen molar-refractivity contribution in [2.24, 2.45) is 0 Å². The summed E-state index contributed by atoms with van der Waals surface area (Å²) in [5.41, 5.74) is 1.09. The van der Waals surface area contributed by atoms with E-state index in [1.807, 2.05) is 18.2 Å². The number of phenolic OH excluding ortho intramolecular Hbond substituents is 1. The van der Waals surface area contributed by atoms with E-state index in [0.717, 1.165) is 5.56 Å². The van der Waals surface area contributed by atoms with E-state index in [2.05, 4.69) is 47.3 Å². The lowest BCUT2D eigenvalue weighted by molar-refractivity contribution is 0.470. The van der Waals surface area contributed by atoms with E-state index in [-0.39, 0.29) is 12.1 Å². The first-order valence-corrected chi connectivity index (χ1v) is 8.62. The minimum atomic E-state index is 0.159. The Morgan fingerprint density at radius 2 is 1.62 bits per heavy atom. The Morgan fingerprint density at radius 1 is 0.952 bits per heavy atom. The molecule has 2 nitrogen and oxygen atoms in total. The van der Waals surface area contributed by atoms with Crippen LogP contribution in [0.15, 0.2) is 59.3 Å². The van der Waals surface area contributed by atoms with E-state index in [0.29, 0.717) is 5.75 Å². The van der Waals surface area contributed by atoms with Crippen molar-refractivity contribution >= 4 is 22.7 Å². The highest BCUT2D eigenvalue weighted by Gasteiger charge is 2.19. The minimum Gasteiger partial charge on any atom is -0.508 e. The second kappa shape index (κ2) is 6.43. The molecule has 0 amide bonds. The summed E-state index contributed by atoms with van der Waals surface area (Å²) in [5.74, 6) is 0.310. The fourth-order valence-corrected chi connectivity index (χ4v) is 4.04. The van der Waals surface area contributed by atoms with Gasteiger partial charge in [0.25, 0.3) is 0 Å². The molecule has 0 bridgehead atoms. The zero-order valence-electron chi connectivity index (χ0n) is 11.7. The van der Waals surface area contributed by atoms with Crippen molar-refractivity contribution in [1.82, 2.24) is 5.32 Å². The molecule has 0 radical (unpaired) electrons. The molecule has 2 heterocycles. The van der Waals surface area contributed by atoms with Gasteiger partial charge in [0.05, 0.1) is 6.04 Å². The second-order valence-corrected chi connectivity index (χ2v) is 6.91. The summed E-state index contributed by atoms with van der Waals surface area (Å²) < 4.78 is 0. The summed E-state index contributed by atoms with van der Waals surface area (Å²) >= 11 is 3.53. The molecule has 0 aliphatic rings. The van der Waals surface area contributed by atoms with E-state index < -0.39 is 0 Å². The zero-order chi connectivity index (χ0) is 14.7. The standard InChI is InChI=1S/C17H17NOS2/c1-12(13-5-2-6-14(19)11-13)18-17(15-7-3-9-20-15)16-8-4-10-21-16/h2-12,17-19H,1H3. The lowest BCUT2D eigenvalue weighted by atomic mass is 10.1. The van der Waals surface area contributed by atoms with E-state index in [9.17, 15) is 5.11 Å². The lowest BCUT2D eigenvalue weighted by Gasteiger charge is -2.22. The molecule has 2 N–H and O–H groups in total. The molecular weight excluding hydrogens is 298 g/mol. The van der Waals surface area contributed by atoms with Crippen LogP contribution < -0.4 is 5.32 Å². The largest absolute Gasteiger partial charge is 0.508 e. The first kappa shape index (κ1) is 14.3. The lowest BCUT2D eigenvalue weighted by Crippen LogP contribution is -2.24. The highest BCUT2D eigenvalue weighted by Crippen LogP contribution is 2.32. The maximum Gasteiger partial charge on any atom is 0.115 e. The molecular formula is C17H17NOS2. The molecule has 0 saturated heterocycles. The smallest absolute Gasteiger partial charge is 0.115 e. The number of hydrogen-bond donors (Lipinski definition) is 2. The monoisotopic (exact) mass is 315 g/mol. The van der Waals surface area contributed by atoms with Crippen LogP contribution in [0.25, 0.3) is 0 Å². The van der Waals surface area contributed by atoms with Crippen LogP contribution in [0.5, 0.6) is 5.75 Å². The molecule has 108 valence electrons. The fraction of sp³-hybridized carbons (Fsp3) is 0.176. The number of nitrogens with one attached hydrogen (secondary N) is 1. The van der Waals surface area contributed by atoms with E-state index >= 15 is 0 Å². The molecule has 21 heavy (non-hydrogen) atoms. The Kier molecular flexibility index (Phi) is 4.39. The number of thiophene rings is 2. The number of aromatic hydroxyl groups is 1. The maximum absolute atomic E-state index is 9.64. The van der Waals surface area contributed by atoms with Crippen LogP contribution >= 0.6 is 22.7 Å². The molecule has 0 saturated carbocycles. The molecule has 2 aromatic heterocycles. The average molecular weight is 315 g/mol. The third-order valence-corrected chi connectivity index (χ3v) is 5.32. The van der Waals surface area contributed by atoms with Gasteiger partial charge in [-0.15, -0.1) is 22.7 Å². The topological polar surface area (TPSA) is 32.3 Å². The van der Waals surface area contributed by atoms with Crippen molar-refractivity contribution < 1.29 is 5.11 Å². The van der Waals surface area contributed by atoms with E-state index in [1.165, 1.54) is 9.75 Å². The Morgan fingerprint density at radius 3 is 2.14 bits per heavy atom. The summed E-state index contributed by atoms with van der Waals surface area (Å²) in [6.07, 6.45) is 0. The summed E-state index contributed by atoms with van der Waals surface area (Å²) in [6, 6.07) is 16.3. The van der Waals surface area contributed by atoms with Crippen molar-refractivity contribution in [3.05, 3.63) is 74.6 Å². The SMILES string of the molecule is CC(NC(c1cccs1)c1cccs1)c1cccc(O)c1. The predicted molar refractivity (Wildman–Crippen MR) is 90.1 cm³/mol. The molecule has 0 aliphatic heterocycles. The number of rotatable bonds is 5. The van der Waals surface area contributed by atoms with Crippen molar-refractivity contribution in [3.63, 3.8) is 0 Å². The maximum atomic E-state index is 9.64. The van der Waals surface area contributed by atoms with Crippen LogP contribution in [-0.4, -0.2) is 5.11 Å². The van der Waals surface area contributed by atoms with Gasteiger partial charge in [-0.25, -0.2) is 0 Å². The Balaban J connectivity index is 1.85. The predicted octanol–water partition coefficient (Wildman–Crippen LogP) is 4.96. The first-order chi connectivity index (χ1) is 10.2. The van der Waals surface area contributed by atoms with Gasteiger partial charge in [-0.1, -0.05) is 24.3 Å². The zero-order valence-corrected chi connectivity index (χ0v) is 13.3. The molecule has 0 fully saturated rings. The van der Waals surface area contributed by atoms with Crippen LogP contribution in [0, 0.1) is 0 Å². The number of hydrogen-bond acceptors (Lipinski definition) is 4. The van der Waals surface area contributed by atoms with Crippen LogP contribution in [0.2, 0.25) is 0 Å². The molecule has 0 aliphatic carbocycles. The van der Waals surface area contributed by atoms with E-state index in [1.54, 1.807) is 28.7 Å². The van der Waals surface area contributed by atoms with Gasteiger partial charge in [0.1, 0.15) is 5.75 Å². The first-order valence-electron chi connectivity index (χ1n) is 6.86.